The van der Waals surface area contributed by atoms with Crippen LogP contribution in [0.25, 0.3) is 0 Å². The molecule has 0 aromatic heterocycles. The molecule has 0 saturated carbocycles. The third-order valence-electron chi connectivity index (χ3n) is 0.425. The van der Waals surface area contributed by atoms with E-state index >= 15 is 0 Å². The Morgan fingerprint density at radius 2 is 1.89 bits per heavy atom. The standard InChI is InChI=1S/C6H8O.C2H6/c1-3-4-5-6(2)7;1-2/h3-5,7H,1-2H2;1-2H3/b5-4-;. The van der Waals surface area contributed by atoms with Crippen LogP contribution in [0.2, 0.25) is 0 Å². The molecule has 0 unspecified atom stereocenters. The first-order chi connectivity index (χ1) is 4.27. The molecule has 0 aromatic rings. The van der Waals surface area contributed by atoms with Gasteiger partial charge in [-0.25, -0.2) is 0 Å². The molecule has 0 aliphatic rings. The van der Waals surface area contributed by atoms with Gasteiger partial charge in [0.25, 0.3) is 0 Å². The third-order valence-corrected chi connectivity index (χ3v) is 0.425. The minimum atomic E-state index is 0.0555. The minimum absolute atomic E-state index is 0.0555. The maximum atomic E-state index is 8.35. The van der Waals surface area contributed by atoms with Crippen molar-refractivity contribution in [3.05, 3.63) is 37.1 Å². The molecule has 0 bridgehead atoms. The molecule has 52 valence electrons. The predicted octanol–water partition coefficient (Wildman–Crippen LogP) is 2.83. The molecule has 0 radical (unpaired) electrons. The van der Waals surface area contributed by atoms with Crippen LogP contribution in [-0.4, -0.2) is 5.11 Å². The van der Waals surface area contributed by atoms with Crippen molar-refractivity contribution in [2.75, 3.05) is 0 Å². The van der Waals surface area contributed by atoms with Gasteiger partial charge in [0.2, 0.25) is 0 Å². The fourth-order valence-corrected chi connectivity index (χ4v) is 0.179. The lowest BCUT2D eigenvalue weighted by molar-refractivity contribution is 0.435. The highest BCUT2D eigenvalue weighted by Gasteiger charge is 1.68. The van der Waals surface area contributed by atoms with Crippen LogP contribution in [-0.2, 0) is 0 Å². The Morgan fingerprint density at radius 1 is 1.44 bits per heavy atom. The smallest absolute Gasteiger partial charge is 0.108 e. The molecule has 9 heavy (non-hydrogen) atoms. The second-order valence-corrected chi connectivity index (χ2v) is 1.09. The fraction of sp³-hybridized carbons (Fsp3) is 0.250. The van der Waals surface area contributed by atoms with Crippen LogP contribution in [0.1, 0.15) is 13.8 Å². The Labute approximate surface area is 57.0 Å². The van der Waals surface area contributed by atoms with Gasteiger partial charge >= 0.3 is 0 Å². The number of aliphatic hydroxyl groups excluding tert-OH is 1. The molecule has 0 spiro atoms. The maximum Gasteiger partial charge on any atom is 0.108 e. The first kappa shape index (κ1) is 10.9. The van der Waals surface area contributed by atoms with Gasteiger partial charge in [-0.05, 0) is 6.08 Å². The second kappa shape index (κ2) is 10.1. The minimum Gasteiger partial charge on any atom is -0.509 e. The summed E-state index contributed by atoms with van der Waals surface area (Å²) < 4.78 is 0. The average molecular weight is 126 g/mol. The Hall–Kier alpha value is -0.980. The van der Waals surface area contributed by atoms with Crippen molar-refractivity contribution in [1.82, 2.24) is 0 Å². The van der Waals surface area contributed by atoms with E-state index in [9.17, 15) is 0 Å². The molecule has 0 atom stereocenters. The topological polar surface area (TPSA) is 20.2 Å². The quantitative estimate of drug-likeness (QED) is 0.445. The zero-order valence-electron chi connectivity index (χ0n) is 6.09. The number of allylic oxidation sites excluding steroid dienone is 3. The highest BCUT2D eigenvalue weighted by atomic mass is 16.3. The highest BCUT2D eigenvalue weighted by molar-refractivity contribution is 5.10. The van der Waals surface area contributed by atoms with Crippen LogP contribution in [0.15, 0.2) is 37.1 Å². The van der Waals surface area contributed by atoms with Crippen LogP contribution in [0.3, 0.4) is 0 Å². The first-order valence-corrected chi connectivity index (χ1v) is 2.94. The second-order valence-electron chi connectivity index (χ2n) is 1.09. The van der Waals surface area contributed by atoms with Crippen LogP contribution >= 0.6 is 0 Å². The van der Waals surface area contributed by atoms with E-state index in [-0.39, 0.29) is 5.76 Å². The van der Waals surface area contributed by atoms with Crippen molar-refractivity contribution in [3.63, 3.8) is 0 Å². The van der Waals surface area contributed by atoms with Crippen LogP contribution in [0.5, 0.6) is 0 Å². The molecule has 1 nitrogen and oxygen atoms in total. The predicted molar refractivity (Wildman–Crippen MR) is 42.5 cm³/mol. The summed E-state index contributed by atoms with van der Waals surface area (Å²) in [5.74, 6) is 0.0555. The Balaban J connectivity index is 0. The number of aliphatic hydroxyl groups is 1. The summed E-state index contributed by atoms with van der Waals surface area (Å²) in [6.45, 7) is 10.6. The fourth-order valence-electron chi connectivity index (χ4n) is 0.179. The highest BCUT2D eigenvalue weighted by Crippen LogP contribution is 1.82. The van der Waals surface area contributed by atoms with E-state index < -0.39 is 0 Å². The van der Waals surface area contributed by atoms with E-state index in [2.05, 4.69) is 13.2 Å². The van der Waals surface area contributed by atoms with Gasteiger partial charge in [0.05, 0.1) is 0 Å². The van der Waals surface area contributed by atoms with Gasteiger partial charge in [-0.1, -0.05) is 39.2 Å². The molecular weight excluding hydrogens is 112 g/mol. The molecule has 0 aliphatic carbocycles. The summed E-state index contributed by atoms with van der Waals surface area (Å²) in [6.07, 6.45) is 4.65. The normalized spacial score (nSPS) is 7.78. The summed E-state index contributed by atoms with van der Waals surface area (Å²) >= 11 is 0. The Morgan fingerprint density at radius 3 is 2.00 bits per heavy atom. The van der Waals surface area contributed by atoms with E-state index in [1.54, 1.807) is 12.2 Å². The third kappa shape index (κ3) is 19.4. The van der Waals surface area contributed by atoms with Crippen molar-refractivity contribution in [2.45, 2.75) is 13.8 Å². The van der Waals surface area contributed by atoms with Crippen LogP contribution in [0, 0.1) is 0 Å². The van der Waals surface area contributed by atoms with Crippen molar-refractivity contribution in [3.8, 4) is 0 Å². The maximum absolute atomic E-state index is 8.35. The Kier molecular flexibility index (Phi) is 12.2. The van der Waals surface area contributed by atoms with E-state index in [1.807, 2.05) is 13.8 Å². The Bertz CT molecular complexity index is 101. The monoisotopic (exact) mass is 126 g/mol. The lowest BCUT2D eigenvalue weighted by Crippen LogP contribution is -1.62. The number of rotatable bonds is 2. The number of hydrogen-bond donors (Lipinski definition) is 1. The van der Waals surface area contributed by atoms with Gasteiger partial charge in [-0.15, -0.1) is 0 Å². The van der Waals surface area contributed by atoms with Crippen LogP contribution in [0.4, 0.5) is 0 Å². The van der Waals surface area contributed by atoms with Crippen molar-refractivity contribution >= 4 is 0 Å². The molecule has 1 heteroatoms. The van der Waals surface area contributed by atoms with Gasteiger partial charge in [-0.3, -0.25) is 0 Å². The van der Waals surface area contributed by atoms with Crippen molar-refractivity contribution < 1.29 is 5.11 Å². The van der Waals surface area contributed by atoms with Crippen molar-refractivity contribution in [2.24, 2.45) is 0 Å². The lowest BCUT2D eigenvalue weighted by Gasteiger charge is -1.77. The van der Waals surface area contributed by atoms with Gasteiger partial charge < -0.3 is 5.11 Å². The molecule has 0 saturated heterocycles. The van der Waals surface area contributed by atoms with Crippen molar-refractivity contribution in [1.29, 1.82) is 0 Å². The largest absolute Gasteiger partial charge is 0.509 e. The summed E-state index contributed by atoms with van der Waals surface area (Å²) in [6, 6.07) is 0. The molecular formula is C8H14O. The summed E-state index contributed by atoms with van der Waals surface area (Å²) in [5, 5.41) is 8.35. The summed E-state index contributed by atoms with van der Waals surface area (Å²) in [7, 11) is 0. The SMILES string of the molecule is C=C/C=C\C(=C)O.CC. The zero-order chi connectivity index (χ0) is 7.70. The molecule has 1 N–H and O–H groups in total. The summed E-state index contributed by atoms with van der Waals surface area (Å²) in [4.78, 5) is 0. The molecule has 0 rings (SSSR count). The van der Waals surface area contributed by atoms with Gasteiger partial charge in [-0.2, -0.15) is 0 Å². The molecule has 0 amide bonds. The van der Waals surface area contributed by atoms with Gasteiger partial charge in [0.15, 0.2) is 0 Å². The molecule has 0 heterocycles. The van der Waals surface area contributed by atoms with E-state index in [0.29, 0.717) is 0 Å². The first-order valence-electron chi connectivity index (χ1n) is 2.94. The van der Waals surface area contributed by atoms with Crippen LogP contribution < -0.4 is 0 Å². The molecule has 0 aliphatic heterocycles. The van der Waals surface area contributed by atoms with Gasteiger partial charge in [0.1, 0.15) is 5.76 Å². The van der Waals surface area contributed by atoms with Gasteiger partial charge in [0, 0.05) is 0 Å². The zero-order valence-corrected chi connectivity index (χ0v) is 6.09. The number of hydrogen-bond acceptors (Lipinski definition) is 1. The lowest BCUT2D eigenvalue weighted by atomic mass is 10.4. The van der Waals surface area contributed by atoms with E-state index in [1.165, 1.54) is 6.08 Å². The molecule has 0 aromatic carbocycles. The molecule has 0 fully saturated rings. The van der Waals surface area contributed by atoms with E-state index in [4.69, 9.17) is 5.11 Å². The van der Waals surface area contributed by atoms with E-state index in [0.717, 1.165) is 0 Å². The summed E-state index contributed by atoms with van der Waals surface area (Å²) in [5.41, 5.74) is 0. The average Bonchev–Trinajstić information content (AvgIpc) is 1.88.